The van der Waals surface area contributed by atoms with Gasteiger partial charge in [-0.05, 0) is 26.7 Å². The van der Waals surface area contributed by atoms with Crippen molar-refractivity contribution in [2.24, 2.45) is 5.92 Å². The first-order valence-electron chi connectivity index (χ1n) is 6.66. The second-order valence-corrected chi connectivity index (χ2v) is 5.04. The lowest BCUT2D eigenvalue weighted by molar-refractivity contribution is -0.144. The minimum absolute atomic E-state index is 0.207. The van der Waals surface area contributed by atoms with Crippen molar-refractivity contribution in [3.8, 4) is 0 Å². The Labute approximate surface area is 119 Å². The summed E-state index contributed by atoms with van der Waals surface area (Å²) in [5.41, 5.74) is 0. The molecule has 0 saturated heterocycles. The molecule has 2 amide bonds. The minimum atomic E-state index is -1.10. The van der Waals surface area contributed by atoms with Crippen LogP contribution in [0.4, 0.5) is 4.79 Å². The zero-order chi connectivity index (χ0) is 15.9. The molecular weight excluding hydrogens is 264 g/mol. The normalized spacial score (nSPS) is 12.2. The summed E-state index contributed by atoms with van der Waals surface area (Å²) in [7, 11) is 0. The highest BCUT2D eigenvalue weighted by Gasteiger charge is 2.28. The van der Waals surface area contributed by atoms with Crippen LogP contribution in [0.5, 0.6) is 0 Å². The molecule has 0 aliphatic heterocycles. The van der Waals surface area contributed by atoms with Gasteiger partial charge in [-0.25, -0.2) is 9.59 Å². The quantitative estimate of drug-likeness (QED) is 0.683. The van der Waals surface area contributed by atoms with Gasteiger partial charge in [0.1, 0.15) is 12.6 Å². The molecule has 0 aliphatic rings. The fourth-order valence-corrected chi connectivity index (χ4v) is 1.56. The summed E-state index contributed by atoms with van der Waals surface area (Å²) in [6.07, 6.45) is 0. The molecule has 20 heavy (non-hydrogen) atoms. The van der Waals surface area contributed by atoms with Crippen molar-refractivity contribution in [1.82, 2.24) is 10.2 Å². The van der Waals surface area contributed by atoms with Crippen molar-refractivity contribution in [1.29, 1.82) is 0 Å². The van der Waals surface area contributed by atoms with E-state index in [1.165, 1.54) is 4.90 Å². The van der Waals surface area contributed by atoms with Gasteiger partial charge < -0.3 is 20.1 Å². The van der Waals surface area contributed by atoms with Gasteiger partial charge in [0, 0.05) is 6.04 Å². The lowest BCUT2D eigenvalue weighted by Crippen LogP contribution is -2.53. The van der Waals surface area contributed by atoms with Gasteiger partial charge in [0.2, 0.25) is 0 Å². The van der Waals surface area contributed by atoms with E-state index < -0.39 is 24.0 Å². The first kappa shape index (κ1) is 18.2. The molecule has 0 fully saturated rings. The molecule has 116 valence electrons. The summed E-state index contributed by atoms with van der Waals surface area (Å²) >= 11 is 0. The minimum Gasteiger partial charge on any atom is -0.480 e. The summed E-state index contributed by atoms with van der Waals surface area (Å²) in [5, 5.41) is 11.5. The van der Waals surface area contributed by atoms with Crippen LogP contribution in [0, 0.1) is 5.92 Å². The molecule has 0 saturated carbocycles. The summed E-state index contributed by atoms with van der Waals surface area (Å²) in [4.78, 5) is 35.9. The van der Waals surface area contributed by atoms with E-state index in [2.05, 4.69) is 5.32 Å². The van der Waals surface area contributed by atoms with Crippen LogP contribution in [-0.4, -0.2) is 53.2 Å². The van der Waals surface area contributed by atoms with E-state index in [1.54, 1.807) is 34.6 Å². The number of ether oxygens (including phenoxy) is 1. The Bertz CT molecular complexity index is 355. The summed E-state index contributed by atoms with van der Waals surface area (Å²) < 4.78 is 4.80. The first-order chi connectivity index (χ1) is 9.20. The Morgan fingerprint density at radius 2 is 1.75 bits per heavy atom. The highest BCUT2D eigenvalue weighted by atomic mass is 16.5. The monoisotopic (exact) mass is 288 g/mol. The third kappa shape index (κ3) is 5.90. The molecule has 0 aromatic carbocycles. The number of carboxylic acid groups (broad SMARTS) is 1. The van der Waals surface area contributed by atoms with E-state index in [0.29, 0.717) is 0 Å². The third-order valence-electron chi connectivity index (χ3n) is 2.70. The molecule has 0 aromatic heterocycles. The maximum atomic E-state index is 12.1. The number of aliphatic carboxylic acids is 1. The molecule has 0 rings (SSSR count). The fraction of sp³-hybridized carbons (Fsp3) is 0.769. The van der Waals surface area contributed by atoms with E-state index in [-0.39, 0.29) is 25.1 Å². The number of nitrogens with zero attached hydrogens (tertiary/aromatic N) is 1. The maximum absolute atomic E-state index is 12.1. The van der Waals surface area contributed by atoms with E-state index in [4.69, 9.17) is 9.84 Å². The number of rotatable bonds is 7. The van der Waals surface area contributed by atoms with Gasteiger partial charge in [0.05, 0.1) is 6.61 Å². The van der Waals surface area contributed by atoms with Crippen LogP contribution in [-0.2, 0) is 14.3 Å². The Morgan fingerprint density at radius 1 is 1.20 bits per heavy atom. The highest BCUT2D eigenvalue weighted by molar-refractivity contribution is 5.85. The van der Waals surface area contributed by atoms with Crippen LogP contribution in [0.25, 0.3) is 0 Å². The third-order valence-corrected chi connectivity index (χ3v) is 2.70. The summed E-state index contributed by atoms with van der Waals surface area (Å²) in [6, 6.07) is -1.83. The highest BCUT2D eigenvalue weighted by Crippen LogP contribution is 2.05. The Morgan fingerprint density at radius 3 is 2.10 bits per heavy atom. The molecule has 0 spiro atoms. The smallest absolute Gasteiger partial charge is 0.326 e. The lowest BCUT2D eigenvalue weighted by atomic mass is 10.1. The van der Waals surface area contributed by atoms with Crippen LogP contribution in [0.15, 0.2) is 0 Å². The molecule has 7 heteroatoms. The van der Waals surface area contributed by atoms with Crippen molar-refractivity contribution in [2.45, 2.75) is 46.7 Å². The van der Waals surface area contributed by atoms with Crippen LogP contribution in [0.2, 0.25) is 0 Å². The van der Waals surface area contributed by atoms with Crippen molar-refractivity contribution >= 4 is 18.0 Å². The number of hydrogen-bond acceptors (Lipinski definition) is 4. The molecule has 0 aromatic rings. The van der Waals surface area contributed by atoms with E-state index >= 15 is 0 Å². The van der Waals surface area contributed by atoms with Gasteiger partial charge >= 0.3 is 18.0 Å². The van der Waals surface area contributed by atoms with Gasteiger partial charge in [-0.2, -0.15) is 0 Å². The predicted octanol–water partition coefficient (Wildman–Crippen LogP) is 1.08. The Kier molecular flexibility index (Phi) is 7.64. The molecule has 0 heterocycles. The molecule has 1 atom stereocenters. The van der Waals surface area contributed by atoms with E-state index in [1.807, 2.05) is 0 Å². The second kappa shape index (κ2) is 8.39. The van der Waals surface area contributed by atoms with E-state index in [9.17, 15) is 14.4 Å². The number of urea groups is 1. The predicted molar refractivity (Wildman–Crippen MR) is 73.3 cm³/mol. The lowest BCUT2D eigenvalue weighted by Gasteiger charge is -2.28. The number of nitrogens with one attached hydrogen (secondary N) is 1. The Balaban J connectivity index is 4.80. The zero-order valence-corrected chi connectivity index (χ0v) is 12.7. The largest absolute Gasteiger partial charge is 0.480 e. The van der Waals surface area contributed by atoms with Crippen molar-refractivity contribution in [3.63, 3.8) is 0 Å². The molecule has 0 unspecified atom stereocenters. The Hall–Kier alpha value is -1.79. The fourth-order valence-electron chi connectivity index (χ4n) is 1.56. The summed E-state index contributed by atoms with van der Waals surface area (Å²) in [5.74, 6) is -1.88. The van der Waals surface area contributed by atoms with Gasteiger partial charge in [-0.15, -0.1) is 0 Å². The van der Waals surface area contributed by atoms with Crippen LogP contribution < -0.4 is 5.32 Å². The number of carboxylic acids is 1. The second-order valence-electron chi connectivity index (χ2n) is 5.04. The molecule has 0 aliphatic carbocycles. The SMILES string of the molecule is CCOC(=O)CN(C(=O)N[C@@H](C(=O)O)C(C)C)C(C)C. The standard InChI is InChI=1S/C13H24N2O5/c1-6-20-10(16)7-15(9(4)5)13(19)14-11(8(2)3)12(17)18/h8-9,11H,6-7H2,1-5H3,(H,14,19)(H,17,18)/t11-/m1/s1. The average molecular weight is 288 g/mol. The van der Waals surface area contributed by atoms with Crippen molar-refractivity contribution < 1.29 is 24.2 Å². The number of carbonyl (C=O) groups is 3. The molecule has 0 radical (unpaired) electrons. The number of esters is 1. The molecule has 0 bridgehead atoms. The molecular formula is C13H24N2O5. The summed E-state index contributed by atoms with van der Waals surface area (Å²) in [6.45, 7) is 8.58. The number of carbonyl (C=O) groups excluding carboxylic acids is 2. The molecule has 7 nitrogen and oxygen atoms in total. The first-order valence-corrected chi connectivity index (χ1v) is 6.66. The average Bonchev–Trinajstić information content (AvgIpc) is 2.31. The van der Waals surface area contributed by atoms with Crippen LogP contribution >= 0.6 is 0 Å². The van der Waals surface area contributed by atoms with Crippen molar-refractivity contribution in [2.75, 3.05) is 13.2 Å². The van der Waals surface area contributed by atoms with Crippen LogP contribution in [0.1, 0.15) is 34.6 Å². The van der Waals surface area contributed by atoms with Gasteiger partial charge in [-0.3, -0.25) is 4.79 Å². The zero-order valence-electron chi connectivity index (χ0n) is 12.7. The van der Waals surface area contributed by atoms with Gasteiger partial charge in [0.25, 0.3) is 0 Å². The number of hydrogen-bond donors (Lipinski definition) is 2. The van der Waals surface area contributed by atoms with Crippen molar-refractivity contribution in [3.05, 3.63) is 0 Å². The number of amides is 2. The van der Waals surface area contributed by atoms with Gasteiger partial charge in [-0.1, -0.05) is 13.8 Å². The topological polar surface area (TPSA) is 95.9 Å². The van der Waals surface area contributed by atoms with E-state index in [0.717, 1.165) is 0 Å². The van der Waals surface area contributed by atoms with Crippen LogP contribution in [0.3, 0.4) is 0 Å². The maximum Gasteiger partial charge on any atom is 0.326 e. The molecule has 2 N–H and O–H groups in total. The van der Waals surface area contributed by atoms with Gasteiger partial charge in [0.15, 0.2) is 0 Å².